The highest BCUT2D eigenvalue weighted by Gasteiger charge is 2.26. The molecule has 1 aliphatic heterocycles. The highest BCUT2D eigenvalue weighted by atomic mass is 16.1. The van der Waals surface area contributed by atoms with Gasteiger partial charge in [0.15, 0.2) is 5.78 Å². The van der Waals surface area contributed by atoms with Crippen molar-refractivity contribution in [2.75, 3.05) is 11.4 Å². The fourth-order valence-electron chi connectivity index (χ4n) is 2.94. The number of pyridine rings is 1. The van der Waals surface area contributed by atoms with Gasteiger partial charge in [-0.15, -0.1) is 0 Å². The number of fused-ring (bicyclic) bond motifs is 1. The quantitative estimate of drug-likeness (QED) is 0.792. The van der Waals surface area contributed by atoms with Gasteiger partial charge in [-0.2, -0.15) is 0 Å². The molecule has 0 saturated heterocycles. The molecule has 0 fully saturated rings. The Hall–Kier alpha value is -2.16. The first kappa shape index (κ1) is 13.8. The molecule has 3 nitrogen and oxygen atoms in total. The predicted octanol–water partition coefficient (Wildman–Crippen LogP) is 4.07. The normalized spacial score (nSPS) is 13.3. The van der Waals surface area contributed by atoms with Gasteiger partial charge in [-0.05, 0) is 49.1 Å². The number of ketones is 1. The zero-order valence-corrected chi connectivity index (χ0v) is 12.6. The molecule has 0 radical (unpaired) electrons. The standard InChI is InChI=1S/C18H20N2O/c1-3-5-16(21)15-7-4-6-14-9-11-20(18(14)15)17-12-13(2)8-10-19-17/h4,6-8,10,12H,3,5,9,11H2,1-2H3. The molecule has 1 aliphatic rings. The minimum absolute atomic E-state index is 0.230. The maximum absolute atomic E-state index is 12.4. The third-order valence-electron chi connectivity index (χ3n) is 3.95. The van der Waals surface area contributed by atoms with Crippen LogP contribution in [0.15, 0.2) is 36.5 Å². The van der Waals surface area contributed by atoms with Gasteiger partial charge in [0, 0.05) is 24.7 Å². The van der Waals surface area contributed by atoms with E-state index in [1.807, 2.05) is 31.3 Å². The lowest BCUT2D eigenvalue weighted by molar-refractivity contribution is 0.0982. The van der Waals surface area contributed by atoms with Gasteiger partial charge < -0.3 is 4.90 Å². The number of aryl methyl sites for hydroxylation is 1. The van der Waals surface area contributed by atoms with Gasteiger partial charge in [-0.1, -0.05) is 19.1 Å². The summed E-state index contributed by atoms with van der Waals surface area (Å²) in [7, 11) is 0. The van der Waals surface area contributed by atoms with E-state index >= 15 is 0 Å². The first-order valence-corrected chi connectivity index (χ1v) is 7.56. The smallest absolute Gasteiger partial charge is 0.164 e. The van der Waals surface area contributed by atoms with Gasteiger partial charge in [-0.3, -0.25) is 4.79 Å². The van der Waals surface area contributed by atoms with Crippen LogP contribution in [-0.2, 0) is 6.42 Å². The van der Waals surface area contributed by atoms with Crippen molar-refractivity contribution < 1.29 is 4.79 Å². The minimum atomic E-state index is 0.230. The van der Waals surface area contributed by atoms with E-state index in [4.69, 9.17) is 0 Å². The molecule has 3 rings (SSSR count). The Bertz CT molecular complexity index is 679. The number of carbonyl (C=O) groups excluding carboxylic acids is 1. The van der Waals surface area contributed by atoms with Gasteiger partial charge in [-0.25, -0.2) is 4.98 Å². The van der Waals surface area contributed by atoms with Crippen LogP contribution in [0.25, 0.3) is 0 Å². The average Bonchev–Trinajstić information content (AvgIpc) is 2.91. The molecule has 1 aromatic carbocycles. The summed E-state index contributed by atoms with van der Waals surface area (Å²) in [6.45, 7) is 5.00. The summed E-state index contributed by atoms with van der Waals surface area (Å²) in [5.41, 5.74) is 4.34. The van der Waals surface area contributed by atoms with Crippen molar-refractivity contribution in [1.29, 1.82) is 0 Å². The Morgan fingerprint density at radius 3 is 2.95 bits per heavy atom. The molecule has 0 amide bonds. The molecule has 1 aromatic heterocycles. The van der Waals surface area contributed by atoms with Crippen LogP contribution < -0.4 is 4.90 Å². The molecule has 0 saturated carbocycles. The molecule has 2 aromatic rings. The van der Waals surface area contributed by atoms with E-state index in [9.17, 15) is 4.79 Å². The predicted molar refractivity (Wildman–Crippen MR) is 85.4 cm³/mol. The first-order chi connectivity index (χ1) is 10.2. The topological polar surface area (TPSA) is 33.2 Å². The molecule has 0 spiro atoms. The summed E-state index contributed by atoms with van der Waals surface area (Å²) in [5, 5.41) is 0. The number of rotatable bonds is 4. The lowest BCUT2D eigenvalue weighted by Crippen LogP contribution is -2.17. The van der Waals surface area contributed by atoms with Crippen LogP contribution >= 0.6 is 0 Å². The molecule has 0 atom stereocenters. The highest BCUT2D eigenvalue weighted by molar-refractivity contribution is 6.03. The zero-order valence-electron chi connectivity index (χ0n) is 12.6. The van der Waals surface area contributed by atoms with Crippen LogP contribution in [0, 0.1) is 6.92 Å². The summed E-state index contributed by atoms with van der Waals surface area (Å²) in [6.07, 6.45) is 4.29. The maximum Gasteiger partial charge on any atom is 0.164 e. The van der Waals surface area contributed by atoms with Gasteiger partial charge in [0.05, 0.1) is 5.69 Å². The number of carbonyl (C=O) groups is 1. The summed E-state index contributed by atoms with van der Waals surface area (Å²) in [4.78, 5) is 19.1. The summed E-state index contributed by atoms with van der Waals surface area (Å²) < 4.78 is 0. The highest BCUT2D eigenvalue weighted by Crippen LogP contribution is 2.37. The summed E-state index contributed by atoms with van der Waals surface area (Å²) in [6, 6.07) is 10.1. The van der Waals surface area contributed by atoms with Crippen LogP contribution in [0.4, 0.5) is 11.5 Å². The van der Waals surface area contributed by atoms with Crippen LogP contribution in [0.1, 0.15) is 41.3 Å². The van der Waals surface area contributed by atoms with Crippen molar-refractivity contribution >= 4 is 17.3 Å². The fourth-order valence-corrected chi connectivity index (χ4v) is 2.94. The Labute approximate surface area is 125 Å². The number of nitrogens with zero attached hydrogens (tertiary/aromatic N) is 2. The monoisotopic (exact) mass is 280 g/mol. The van der Waals surface area contributed by atoms with Gasteiger partial charge in [0.2, 0.25) is 0 Å². The summed E-state index contributed by atoms with van der Waals surface area (Å²) >= 11 is 0. The molecule has 0 aliphatic carbocycles. The van der Waals surface area contributed by atoms with Gasteiger partial charge >= 0.3 is 0 Å². The van der Waals surface area contributed by atoms with E-state index in [2.05, 4.69) is 28.9 Å². The van der Waals surface area contributed by atoms with Crippen LogP contribution in [-0.4, -0.2) is 17.3 Å². The SMILES string of the molecule is CCCC(=O)c1cccc2c1N(c1cc(C)ccn1)CC2. The Balaban J connectivity index is 2.06. The van der Waals surface area contributed by atoms with E-state index in [0.717, 1.165) is 36.5 Å². The Morgan fingerprint density at radius 2 is 2.19 bits per heavy atom. The summed E-state index contributed by atoms with van der Waals surface area (Å²) in [5.74, 6) is 1.17. The lowest BCUT2D eigenvalue weighted by atomic mass is 10.0. The number of hydrogen-bond donors (Lipinski definition) is 0. The Morgan fingerprint density at radius 1 is 1.33 bits per heavy atom. The number of aromatic nitrogens is 1. The van der Waals surface area contributed by atoms with Crippen LogP contribution in [0.2, 0.25) is 0 Å². The molecule has 0 N–H and O–H groups in total. The minimum Gasteiger partial charge on any atom is -0.325 e. The second kappa shape index (κ2) is 5.68. The third kappa shape index (κ3) is 2.56. The molecule has 2 heterocycles. The van der Waals surface area contributed by atoms with Crippen molar-refractivity contribution in [3.63, 3.8) is 0 Å². The molecular formula is C18H20N2O. The molecule has 21 heavy (non-hydrogen) atoms. The molecule has 0 bridgehead atoms. The van der Waals surface area contributed by atoms with Gasteiger partial charge in [0.1, 0.15) is 5.82 Å². The van der Waals surface area contributed by atoms with Crippen LogP contribution in [0.5, 0.6) is 0 Å². The Kier molecular flexibility index (Phi) is 3.74. The average molecular weight is 280 g/mol. The molecule has 3 heteroatoms. The second-order valence-corrected chi connectivity index (χ2v) is 5.58. The van der Waals surface area contributed by atoms with E-state index < -0.39 is 0 Å². The van der Waals surface area contributed by atoms with Crippen molar-refractivity contribution in [1.82, 2.24) is 4.98 Å². The number of para-hydroxylation sites is 1. The van der Waals surface area contributed by atoms with Crippen molar-refractivity contribution in [3.8, 4) is 0 Å². The maximum atomic E-state index is 12.4. The van der Waals surface area contributed by atoms with E-state index in [1.54, 1.807) is 0 Å². The lowest BCUT2D eigenvalue weighted by Gasteiger charge is -2.21. The largest absolute Gasteiger partial charge is 0.325 e. The number of anilines is 2. The van der Waals surface area contributed by atoms with Gasteiger partial charge in [0.25, 0.3) is 0 Å². The molecule has 0 unspecified atom stereocenters. The first-order valence-electron chi connectivity index (χ1n) is 7.56. The number of hydrogen-bond acceptors (Lipinski definition) is 3. The van der Waals surface area contributed by atoms with E-state index in [-0.39, 0.29) is 5.78 Å². The van der Waals surface area contributed by atoms with Crippen molar-refractivity contribution in [2.45, 2.75) is 33.1 Å². The van der Waals surface area contributed by atoms with Crippen molar-refractivity contribution in [2.24, 2.45) is 0 Å². The van der Waals surface area contributed by atoms with E-state index in [1.165, 1.54) is 11.1 Å². The van der Waals surface area contributed by atoms with Crippen molar-refractivity contribution in [3.05, 3.63) is 53.2 Å². The van der Waals surface area contributed by atoms with Crippen LogP contribution in [0.3, 0.4) is 0 Å². The zero-order chi connectivity index (χ0) is 14.8. The molecular weight excluding hydrogens is 260 g/mol. The number of Topliss-reactive ketones (excluding diaryl/α,β-unsaturated/α-hetero) is 1. The molecule has 108 valence electrons. The fraction of sp³-hybridized carbons (Fsp3) is 0.333. The van der Waals surface area contributed by atoms with E-state index in [0.29, 0.717) is 6.42 Å². The third-order valence-corrected chi connectivity index (χ3v) is 3.95. The second-order valence-electron chi connectivity index (χ2n) is 5.58. The number of benzene rings is 1.